The van der Waals surface area contributed by atoms with E-state index in [1.165, 1.54) is 0 Å². The van der Waals surface area contributed by atoms with Crippen LogP contribution in [0.25, 0.3) is 11.3 Å². The summed E-state index contributed by atoms with van der Waals surface area (Å²) in [6.45, 7) is 5.42. The molecule has 0 radical (unpaired) electrons. The first-order valence-electron chi connectivity index (χ1n) is 11.5. The Labute approximate surface area is 207 Å². The summed E-state index contributed by atoms with van der Waals surface area (Å²) in [5.74, 6) is 1.31. The first-order chi connectivity index (χ1) is 16.4. The van der Waals surface area contributed by atoms with Gasteiger partial charge in [-0.05, 0) is 56.0 Å². The Balaban J connectivity index is 1.61. The number of hydrogen-bond acceptors (Lipinski definition) is 6. The fourth-order valence-corrected chi connectivity index (χ4v) is 4.85. The number of anilines is 2. The molecule has 0 spiro atoms. The van der Waals surface area contributed by atoms with E-state index in [0.29, 0.717) is 35.6 Å². The Bertz CT molecular complexity index is 1280. The SMILES string of the molecule is CC[C@@H]1CCCOc2c(cnn2C)-c2cc(cc(C)n2)C(=O)/N=C2\Nc3ccc(Br)cc3N2C1. The Kier molecular flexibility index (Phi) is 6.12. The number of aliphatic imine (C=N–C) groups is 1. The standard InChI is InChI=1S/C25H27BrN6O2/c1-4-16-6-5-9-34-24-19(13-27-31(24)3)21-11-17(10-15(2)28-21)23(33)30-25-29-20-8-7-18(26)12-22(20)32(25)14-16/h7-8,10-13,16H,4-6,9,14H2,1-3H3,(H,29,30,33)/t16-/m1/s1. The van der Waals surface area contributed by atoms with E-state index in [9.17, 15) is 4.79 Å². The molecule has 34 heavy (non-hydrogen) atoms. The van der Waals surface area contributed by atoms with Crippen molar-refractivity contribution < 1.29 is 9.53 Å². The van der Waals surface area contributed by atoms with Gasteiger partial charge in [0.05, 0.1) is 35.4 Å². The van der Waals surface area contributed by atoms with E-state index in [0.717, 1.165) is 52.9 Å². The maximum Gasteiger partial charge on any atom is 0.280 e. The lowest BCUT2D eigenvalue weighted by atomic mass is 9.99. The molecule has 4 heterocycles. The summed E-state index contributed by atoms with van der Waals surface area (Å²) < 4.78 is 8.86. The normalized spacial score (nSPS) is 19.5. The molecule has 1 atom stereocenters. The van der Waals surface area contributed by atoms with Gasteiger partial charge in [-0.3, -0.25) is 9.78 Å². The smallest absolute Gasteiger partial charge is 0.280 e. The summed E-state index contributed by atoms with van der Waals surface area (Å²) in [6, 6.07) is 9.59. The van der Waals surface area contributed by atoms with Crippen LogP contribution in [0.2, 0.25) is 0 Å². The topological polar surface area (TPSA) is 84.6 Å². The molecular weight excluding hydrogens is 496 g/mol. The van der Waals surface area contributed by atoms with Crippen molar-refractivity contribution in [3.63, 3.8) is 0 Å². The zero-order valence-corrected chi connectivity index (χ0v) is 21.1. The van der Waals surface area contributed by atoms with Gasteiger partial charge in [0, 0.05) is 29.3 Å². The van der Waals surface area contributed by atoms with E-state index in [2.05, 4.69) is 54.2 Å². The molecule has 0 fully saturated rings. The summed E-state index contributed by atoms with van der Waals surface area (Å²) in [4.78, 5) is 24.7. The monoisotopic (exact) mass is 522 g/mol. The Hall–Kier alpha value is -3.20. The van der Waals surface area contributed by atoms with Crippen LogP contribution in [-0.4, -0.2) is 39.8 Å². The first-order valence-corrected chi connectivity index (χ1v) is 12.3. The first kappa shape index (κ1) is 22.6. The number of fused-ring (bicyclic) bond motifs is 7. The van der Waals surface area contributed by atoms with Crippen LogP contribution in [0.4, 0.5) is 11.4 Å². The number of carbonyl (C=O) groups excluding carboxylic acids is 1. The molecule has 176 valence electrons. The van der Waals surface area contributed by atoms with Crippen LogP contribution in [0.3, 0.4) is 0 Å². The largest absolute Gasteiger partial charge is 0.477 e. The van der Waals surface area contributed by atoms with Crippen LogP contribution in [0.1, 0.15) is 42.2 Å². The number of guanidine groups is 1. The summed E-state index contributed by atoms with van der Waals surface area (Å²) >= 11 is 3.58. The van der Waals surface area contributed by atoms with Gasteiger partial charge in [0.15, 0.2) is 0 Å². The highest BCUT2D eigenvalue weighted by Crippen LogP contribution is 2.36. The van der Waals surface area contributed by atoms with E-state index in [4.69, 9.17) is 4.74 Å². The van der Waals surface area contributed by atoms with Crippen molar-refractivity contribution in [1.82, 2.24) is 14.8 Å². The van der Waals surface area contributed by atoms with Gasteiger partial charge < -0.3 is 15.0 Å². The highest BCUT2D eigenvalue weighted by molar-refractivity contribution is 9.10. The molecule has 2 aliphatic rings. The molecule has 8 nitrogen and oxygen atoms in total. The lowest BCUT2D eigenvalue weighted by molar-refractivity contribution is 0.100. The number of halogens is 1. The lowest BCUT2D eigenvalue weighted by Gasteiger charge is -2.25. The quantitative estimate of drug-likeness (QED) is 0.473. The minimum atomic E-state index is -0.319. The summed E-state index contributed by atoms with van der Waals surface area (Å²) in [7, 11) is 1.85. The Morgan fingerprint density at radius 1 is 1.26 bits per heavy atom. The number of pyridine rings is 1. The summed E-state index contributed by atoms with van der Waals surface area (Å²) in [5.41, 5.74) is 4.59. The minimum Gasteiger partial charge on any atom is -0.477 e. The van der Waals surface area contributed by atoms with Gasteiger partial charge in [0.2, 0.25) is 11.8 Å². The van der Waals surface area contributed by atoms with Gasteiger partial charge in [-0.15, -0.1) is 0 Å². The zero-order chi connectivity index (χ0) is 23.8. The van der Waals surface area contributed by atoms with Crippen molar-refractivity contribution in [3.05, 3.63) is 52.3 Å². The van der Waals surface area contributed by atoms with Gasteiger partial charge in [0.25, 0.3) is 5.91 Å². The van der Waals surface area contributed by atoms with E-state index in [1.54, 1.807) is 23.0 Å². The number of nitrogens with one attached hydrogen (secondary N) is 1. The maximum absolute atomic E-state index is 13.4. The third-order valence-corrected chi connectivity index (χ3v) is 6.83. The molecule has 9 heteroatoms. The van der Waals surface area contributed by atoms with Crippen molar-refractivity contribution in [1.29, 1.82) is 0 Å². The van der Waals surface area contributed by atoms with Gasteiger partial charge in [-0.25, -0.2) is 4.68 Å². The van der Waals surface area contributed by atoms with E-state index in [1.807, 2.05) is 26.1 Å². The van der Waals surface area contributed by atoms with Crippen LogP contribution in [0.15, 0.2) is 46.0 Å². The fourth-order valence-electron chi connectivity index (χ4n) is 4.50. The van der Waals surface area contributed by atoms with Crippen molar-refractivity contribution in [2.45, 2.75) is 33.1 Å². The highest BCUT2D eigenvalue weighted by Gasteiger charge is 2.29. The van der Waals surface area contributed by atoms with Crippen molar-refractivity contribution in [3.8, 4) is 17.1 Å². The average molecular weight is 523 g/mol. The third-order valence-electron chi connectivity index (χ3n) is 6.33. The predicted molar refractivity (Wildman–Crippen MR) is 137 cm³/mol. The fraction of sp³-hybridized carbons (Fsp3) is 0.360. The maximum atomic E-state index is 13.4. The number of rotatable bonds is 1. The van der Waals surface area contributed by atoms with Crippen LogP contribution >= 0.6 is 15.9 Å². The third kappa shape index (κ3) is 4.32. The van der Waals surface area contributed by atoms with Crippen LogP contribution < -0.4 is 15.0 Å². The molecule has 1 N–H and O–H groups in total. The van der Waals surface area contributed by atoms with Crippen LogP contribution in [0, 0.1) is 12.8 Å². The molecule has 2 aliphatic heterocycles. The van der Waals surface area contributed by atoms with Gasteiger partial charge in [-0.1, -0.05) is 29.3 Å². The van der Waals surface area contributed by atoms with Gasteiger partial charge >= 0.3 is 0 Å². The van der Waals surface area contributed by atoms with Crippen LogP contribution in [0.5, 0.6) is 5.88 Å². The van der Waals surface area contributed by atoms with Crippen molar-refractivity contribution >= 4 is 39.2 Å². The number of benzene rings is 1. The second-order valence-electron chi connectivity index (χ2n) is 8.77. The molecule has 1 aromatic carbocycles. The van der Waals surface area contributed by atoms with E-state index in [-0.39, 0.29) is 5.91 Å². The van der Waals surface area contributed by atoms with Gasteiger partial charge in [0.1, 0.15) is 0 Å². The molecule has 0 aliphatic carbocycles. The Morgan fingerprint density at radius 3 is 2.94 bits per heavy atom. The Morgan fingerprint density at radius 2 is 2.12 bits per heavy atom. The molecule has 5 rings (SSSR count). The molecular formula is C25H27BrN6O2. The number of aromatic nitrogens is 3. The molecule has 0 unspecified atom stereocenters. The number of ether oxygens (including phenoxy) is 1. The molecule has 1 amide bonds. The number of aryl methyl sites for hydroxylation is 2. The number of hydrogen-bond donors (Lipinski definition) is 1. The number of carbonyl (C=O) groups is 1. The highest BCUT2D eigenvalue weighted by atomic mass is 79.9. The molecule has 3 aromatic rings. The van der Waals surface area contributed by atoms with Crippen LogP contribution in [-0.2, 0) is 7.05 Å². The molecule has 0 saturated heterocycles. The van der Waals surface area contributed by atoms with Crippen molar-refractivity contribution in [2.24, 2.45) is 18.0 Å². The summed E-state index contributed by atoms with van der Waals surface area (Å²) in [5, 5.41) is 7.72. The molecule has 2 bridgehead atoms. The number of amides is 1. The van der Waals surface area contributed by atoms with Crippen molar-refractivity contribution in [2.75, 3.05) is 23.4 Å². The van der Waals surface area contributed by atoms with Gasteiger partial charge in [-0.2, -0.15) is 10.1 Å². The van der Waals surface area contributed by atoms with E-state index >= 15 is 0 Å². The second kappa shape index (κ2) is 9.21. The minimum absolute atomic E-state index is 0.319. The average Bonchev–Trinajstić information content (AvgIpc) is 3.34. The second-order valence-corrected chi connectivity index (χ2v) is 9.69. The number of nitrogens with zero attached hydrogens (tertiary/aromatic N) is 5. The lowest BCUT2D eigenvalue weighted by Crippen LogP contribution is -2.35. The predicted octanol–water partition coefficient (Wildman–Crippen LogP) is 5.18. The molecule has 2 aromatic heterocycles. The summed E-state index contributed by atoms with van der Waals surface area (Å²) in [6.07, 6.45) is 4.66. The molecule has 0 saturated carbocycles. The zero-order valence-electron chi connectivity index (χ0n) is 19.5. The van der Waals surface area contributed by atoms with E-state index < -0.39 is 0 Å².